The molecule has 1 aromatic rings. The van der Waals surface area contributed by atoms with Crippen LogP contribution in [0.2, 0.25) is 0 Å². The van der Waals surface area contributed by atoms with E-state index in [4.69, 9.17) is 14.7 Å². The van der Waals surface area contributed by atoms with Crippen molar-refractivity contribution in [2.75, 3.05) is 19.8 Å². The number of nitrogens with one attached hydrogen (secondary N) is 1. The van der Waals surface area contributed by atoms with E-state index in [1.807, 2.05) is 24.3 Å². The molecule has 0 aliphatic carbocycles. The van der Waals surface area contributed by atoms with Gasteiger partial charge in [0.25, 0.3) is 0 Å². The summed E-state index contributed by atoms with van der Waals surface area (Å²) >= 11 is 0. The van der Waals surface area contributed by atoms with Gasteiger partial charge in [0.1, 0.15) is 24.2 Å². The second-order valence-corrected chi connectivity index (χ2v) is 3.96. The largest absolute Gasteiger partial charge is 0.491 e. The van der Waals surface area contributed by atoms with Gasteiger partial charge < -0.3 is 14.8 Å². The zero-order valence-corrected chi connectivity index (χ0v) is 9.90. The van der Waals surface area contributed by atoms with Crippen molar-refractivity contribution in [2.24, 2.45) is 0 Å². The number of nitriles is 1. The average molecular weight is 232 g/mol. The van der Waals surface area contributed by atoms with Crippen molar-refractivity contribution >= 4 is 0 Å². The molecule has 0 saturated carbocycles. The molecule has 1 aliphatic heterocycles. The van der Waals surface area contributed by atoms with Crippen LogP contribution in [0.3, 0.4) is 0 Å². The lowest BCUT2D eigenvalue weighted by Crippen LogP contribution is -2.22. The van der Waals surface area contributed by atoms with Crippen LogP contribution in [-0.4, -0.2) is 19.8 Å². The van der Waals surface area contributed by atoms with E-state index < -0.39 is 0 Å². The normalized spacial score (nSPS) is 17.1. The van der Waals surface area contributed by atoms with Gasteiger partial charge >= 0.3 is 0 Å². The Kier molecular flexibility index (Phi) is 3.84. The third kappa shape index (κ3) is 2.69. The summed E-state index contributed by atoms with van der Waals surface area (Å²) in [5, 5.41) is 11.9. The third-order valence-corrected chi connectivity index (χ3v) is 2.71. The quantitative estimate of drug-likeness (QED) is 0.843. The van der Waals surface area contributed by atoms with Gasteiger partial charge in [-0.3, -0.25) is 0 Å². The Hall–Kier alpha value is -1.73. The van der Waals surface area contributed by atoms with Gasteiger partial charge in [-0.1, -0.05) is 6.92 Å². The molecule has 1 N–H and O–H groups in total. The molecule has 0 amide bonds. The first-order chi connectivity index (χ1) is 8.35. The second kappa shape index (κ2) is 5.55. The molecule has 0 bridgehead atoms. The van der Waals surface area contributed by atoms with Crippen molar-refractivity contribution in [3.05, 3.63) is 23.8 Å². The minimum absolute atomic E-state index is 0.0658. The zero-order valence-electron chi connectivity index (χ0n) is 9.90. The summed E-state index contributed by atoms with van der Waals surface area (Å²) < 4.78 is 10.8. The molecule has 90 valence electrons. The molecule has 1 aliphatic rings. The summed E-state index contributed by atoms with van der Waals surface area (Å²) in [6.45, 7) is 3.86. The highest BCUT2D eigenvalue weighted by molar-refractivity contribution is 5.45. The molecule has 1 atom stereocenters. The lowest BCUT2D eigenvalue weighted by molar-refractivity contribution is 0.309. The Morgan fingerprint density at radius 1 is 1.59 bits per heavy atom. The minimum Gasteiger partial charge on any atom is -0.491 e. The standard InChI is InChI=1S/C13H16N2O2/c1-2-6-15-12-9-17-13-8-10(16-7-5-14)3-4-11(12)13/h3-4,8,12,15H,2,6-7,9H2,1H3. The van der Waals surface area contributed by atoms with Crippen molar-refractivity contribution in [1.82, 2.24) is 5.32 Å². The molecule has 0 radical (unpaired) electrons. The Morgan fingerprint density at radius 2 is 2.47 bits per heavy atom. The molecule has 0 spiro atoms. The zero-order chi connectivity index (χ0) is 12.1. The Labute approximate surface area is 101 Å². The monoisotopic (exact) mass is 232 g/mol. The van der Waals surface area contributed by atoms with Crippen LogP contribution in [0.25, 0.3) is 0 Å². The van der Waals surface area contributed by atoms with Crippen LogP contribution in [0.1, 0.15) is 24.9 Å². The predicted molar refractivity (Wildman–Crippen MR) is 64.1 cm³/mol. The highest BCUT2D eigenvalue weighted by Gasteiger charge is 2.23. The molecule has 4 nitrogen and oxygen atoms in total. The molecular formula is C13H16N2O2. The number of hydrogen-bond donors (Lipinski definition) is 1. The molecule has 4 heteroatoms. The van der Waals surface area contributed by atoms with Crippen LogP contribution in [-0.2, 0) is 0 Å². The van der Waals surface area contributed by atoms with Gasteiger partial charge in [-0.25, -0.2) is 0 Å². The SMILES string of the molecule is CCCNC1COc2cc(OCC#N)ccc21. The molecular weight excluding hydrogens is 216 g/mol. The fourth-order valence-electron chi connectivity index (χ4n) is 1.88. The molecule has 1 heterocycles. The van der Waals surface area contributed by atoms with Crippen molar-refractivity contribution in [1.29, 1.82) is 5.26 Å². The maximum absolute atomic E-state index is 8.44. The smallest absolute Gasteiger partial charge is 0.174 e. The van der Waals surface area contributed by atoms with Gasteiger partial charge in [0.05, 0.1) is 6.04 Å². The fraction of sp³-hybridized carbons (Fsp3) is 0.462. The van der Waals surface area contributed by atoms with Gasteiger partial charge in [-0.2, -0.15) is 5.26 Å². The number of nitrogens with zero attached hydrogens (tertiary/aromatic N) is 1. The predicted octanol–water partition coefficient (Wildman–Crippen LogP) is 2.02. The van der Waals surface area contributed by atoms with Crippen molar-refractivity contribution < 1.29 is 9.47 Å². The summed E-state index contributed by atoms with van der Waals surface area (Å²) in [5.41, 5.74) is 1.17. The lowest BCUT2D eigenvalue weighted by Gasteiger charge is -2.10. The van der Waals surface area contributed by atoms with Gasteiger partial charge in [-0.15, -0.1) is 0 Å². The van der Waals surface area contributed by atoms with E-state index in [2.05, 4.69) is 12.2 Å². The fourth-order valence-corrected chi connectivity index (χ4v) is 1.88. The lowest BCUT2D eigenvalue weighted by atomic mass is 10.1. The van der Waals surface area contributed by atoms with Gasteiger partial charge in [0, 0.05) is 11.6 Å². The summed E-state index contributed by atoms with van der Waals surface area (Å²) in [5.74, 6) is 1.54. The molecule has 0 aromatic heterocycles. The summed E-state index contributed by atoms with van der Waals surface area (Å²) in [6.07, 6.45) is 1.11. The molecule has 2 rings (SSSR count). The van der Waals surface area contributed by atoms with Gasteiger partial charge in [0.2, 0.25) is 0 Å². The van der Waals surface area contributed by atoms with E-state index in [9.17, 15) is 0 Å². The first-order valence-electron chi connectivity index (χ1n) is 5.85. The maximum Gasteiger partial charge on any atom is 0.174 e. The van der Waals surface area contributed by atoms with Crippen molar-refractivity contribution in [3.63, 3.8) is 0 Å². The number of rotatable bonds is 5. The topological polar surface area (TPSA) is 54.3 Å². The number of fused-ring (bicyclic) bond motifs is 1. The highest BCUT2D eigenvalue weighted by Crippen LogP contribution is 2.35. The van der Waals surface area contributed by atoms with Gasteiger partial charge in [-0.05, 0) is 25.1 Å². The maximum atomic E-state index is 8.44. The molecule has 0 fully saturated rings. The van der Waals surface area contributed by atoms with E-state index in [0.29, 0.717) is 12.4 Å². The molecule has 1 aromatic carbocycles. The first kappa shape index (κ1) is 11.7. The Bertz CT molecular complexity index is 426. The summed E-state index contributed by atoms with van der Waals surface area (Å²) in [7, 11) is 0. The van der Waals surface area contributed by atoms with Crippen LogP contribution in [0.15, 0.2) is 18.2 Å². The highest BCUT2D eigenvalue weighted by atomic mass is 16.5. The van der Waals surface area contributed by atoms with Crippen LogP contribution < -0.4 is 14.8 Å². The third-order valence-electron chi connectivity index (χ3n) is 2.71. The van der Waals surface area contributed by atoms with Gasteiger partial charge in [0.15, 0.2) is 6.61 Å². The van der Waals surface area contributed by atoms with Crippen molar-refractivity contribution in [2.45, 2.75) is 19.4 Å². The minimum atomic E-state index is 0.0658. The van der Waals surface area contributed by atoms with E-state index >= 15 is 0 Å². The van der Waals surface area contributed by atoms with E-state index in [1.165, 1.54) is 5.56 Å². The van der Waals surface area contributed by atoms with Crippen LogP contribution >= 0.6 is 0 Å². The van der Waals surface area contributed by atoms with Crippen LogP contribution in [0.5, 0.6) is 11.5 Å². The van der Waals surface area contributed by atoms with E-state index in [-0.39, 0.29) is 12.6 Å². The van der Waals surface area contributed by atoms with E-state index in [0.717, 1.165) is 18.7 Å². The number of hydrogen-bond acceptors (Lipinski definition) is 4. The molecule has 1 unspecified atom stereocenters. The Balaban J connectivity index is 2.06. The molecule has 17 heavy (non-hydrogen) atoms. The number of benzene rings is 1. The van der Waals surface area contributed by atoms with Crippen molar-refractivity contribution in [3.8, 4) is 17.6 Å². The number of ether oxygens (including phenoxy) is 2. The molecule has 0 saturated heterocycles. The average Bonchev–Trinajstić information content (AvgIpc) is 2.76. The first-order valence-corrected chi connectivity index (χ1v) is 5.85. The summed E-state index contributed by atoms with van der Waals surface area (Å²) in [6, 6.07) is 7.95. The Morgan fingerprint density at radius 3 is 3.24 bits per heavy atom. The second-order valence-electron chi connectivity index (χ2n) is 3.96. The van der Waals surface area contributed by atoms with E-state index in [1.54, 1.807) is 0 Å². The van der Waals surface area contributed by atoms with Crippen LogP contribution in [0, 0.1) is 11.3 Å². The van der Waals surface area contributed by atoms with Crippen LogP contribution in [0.4, 0.5) is 0 Å². The summed E-state index contributed by atoms with van der Waals surface area (Å²) in [4.78, 5) is 0.